The predicted octanol–water partition coefficient (Wildman–Crippen LogP) is 1.39. The molecule has 0 aliphatic carbocycles. The lowest BCUT2D eigenvalue weighted by Crippen LogP contribution is -2.47. The second kappa shape index (κ2) is 8.65. The highest BCUT2D eigenvalue weighted by atomic mass is 16.5. The van der Waals surface area contributed by atoms with Gasteiger partial charge in [0.15, 0.2) is 0 Å². The van der Waals surface area contributed by atoms with Crippen LogP contribution in [0.4, 0.5) is 0 Å². The molecule has 25 heavy (non-hydrogen) atoms. The largest absolute Gasteiger partial charge is 0.497 e. The Kier molecular flexibility index (Phi) is 6.29. The van der Waals surface area contributed by atoms with Crippen molar-refractivity contribution in [3.63, 3.8) is 0 Å². The molecule has 0 N–H and O–H groups in total. The van der Waals surface area contributed by atoms with Gasteiger partial charge >= 0.3 is 0 Å². The van der Waals surface area contributed by atoms with Crippen LogP contribution in [0.15, 0.2) is 24.3 Å². The lowest BCUT2D eigenvalue weighted by molar-refractivity contribution is -0.135. The van der Waals surface area contributed by atoms with E-state index in [0.717, 1.165) is 50.7 Å². The third-order valence-electron chi connectivity index (χ3n) is 5.09. The quantitative estimate of drug-likeness (QED) is 0.778. The van der Waals surface area contributed by atoms with Crippen molar-refractivity contribution in [3.8, 4) is 5.75 Å². The molecule has 0 spiro atoms. The third kappa shape index (κ3) is 4.71. The minimum Gasteiger partial charge on any atom is -0.497 e. The summed E-state index contributed by atoms with van der Waals surface area (Å²) in [6.07, 6.45) is 0. The smallest absolute Gasteiger partial charge is 0.248 e. The maximum atomic E-state index is 12.4. The summed E-state index contributed by atoms with van der Waals surface area (Å²) < 4.78 is 16.2. The first kappa shape index (κ1) is 18.2. The molecule has 2 heterocycles. The number of carbonyl (C=O) groups is 1. The predicted molar refractivity (Wildman–Crippen MR) is 94.6 cm³/mol. The number of amides is 1. The summed E-state index contributed by atoms with van der Waals surface area (Å²) in [5.74, 6) is 1.39. The van der Waals surface area contributed by atoms with Crippen molar-refractivity contribution >= 4 is 5.91 Å². The SMILES string of the molecule is COc1ccc(COCC(=O)N2C[C@H](C)[C@@H](N3CCOCC3)C2)cc1. The average Bonchev–Trinajstić information content (AvgIpc) is 3.05. The maximum absolute atomic E-state index is 12.4. The lowest BCUT2D eigenvalue weighted by atomic mass is 10.0. The number of hydrogen-bond acceptors (Lipinski definition) is 5. The van der Waals surface area contributed by atoms with Crippen molar-refractivity contribution in [2.45, 2.75) is 19.6 Å². The van der Waals surface area contributed by atoms with E-state index in [1.54, 1.807) is 7.11 Å². The molecule has 2 fully saturated rings. The summed E-state index contributed by atoms with van der Waals surface area (Å²) >= 11 is 0. The highest BCUT2D eigenvalue weighted by molar-refractivity contribution is 5.77. The number of rotatable bonds is 6. The van der Waals surface area contributed by atoms with Gasteiger partial charge in [-0.1, -0.05) is 19.1 Å². The zero-order valence-electron chi connectivity index (χ0n) is 15.1. The topological polar surface area (TPSA) is 51.2 Å². The standard InChI is InChI=1S/C19H28N2O4/c1-15-11-21(12-18(15)20-7-9-24-10-8-20)19(22)14-25-13-16-3-5-17(23-2)6-4-16/h3-6,15,18H,7-14H2,1-2H3/t15-,18-/m0/s1. The Hall–Kier alpha value is -1.63. The van der Waals surface area contributed by atoms with Crippen LogP contribution in [-0.4, -0.2) is 74.9 Å². The van der Waals surface area contributed by atoms with Crippen LogP contribution in [0.3, 0.4) is 0 Å². The van der Waals surface area contributed by atoms with E-state index in [4.69, 9.17) is 14.2 Å². The van der Waals surface area contributed by atoms with Crippen molar-refractivity contribution in [2.75, 3.05) is 53.1 Å². The molecule has 1 aromatic carbocycles. The molecule has 0 radical (unpaired) electrons. The number of methoxy groups -OCH3 is 1. The van der Waals surface area contributed by atoms with E-state index >= 15 is 0 Å². The molecule has 2 atom stereocenters. The van der Waals surface area contributed by atoms with Crippen molar-refractivity contribution < 1.29 is 19.0 Å². The third-order valence-corrected chi connectivity index (χ3v) is 5.09. The molecule has 2 saturated heterocycles. The molecule has 0 saturated carbocycles. The van der Waals surface area contributed by atoms with Gasteiger partial charge in [-0.15, -0.1) is 0 Å². The molecule has 138 valence electrons. The van der Waals surface area contributed by atoms with Crippen LogP contribution < -0.4 is 4.74 Å². The zero-order valence-corrected chi connectivity index (χ0v) is 15.1. The molecule has 6 nitrogen and oxygen atoms in total. The molecule has 0 aromatic heterocycles. The van der Waals surface area contributed by atoms with Crippen LogP contribution in [0.2, 0.25) is 0 Å². The Balaban J connectivity index is 1.43. The highest BCUT2D eigenvalue weighted by Gasteiger charge is 2.36. The summed E-state index contributed by atoms with van der Waals surface area (Å²) in [5.41, 5.74) is 1.04. The Morgan fingerprint density at radius 2 is 1.92 bits per heavy atom. The van der Waals surface area contributed by atoms with Gasteiger partial charge in [-0.3, -0.25) is 9.69 Å². The Bertz CT molecular complexity index is 557. The fourth-order valence-electron chi connectivity index (χ4n) is 3.61. The molecule has 2 aliphatic heterocycles. The monoisotopic (exact) mass is 348 g/mol. The molecule has 0 bridgehead atoms. The van der Waals surface area contributed by atoms with Crippen LogP contribution in [0.25, 0.3) is 0 Å². The second-order valence-corrected chi connectivity index (χ2v) is 6.83. The fraction of sp³-hybridized carbons (Fsp3) is 0.632. The highest BCUT2D eigenvalue weighted by Crippen LogP contribution is 2.23. The summed E-state index contributed by atoms with van der Waals surface area (Å²) in [7, 11) is 1.64. The molecule has 2 aliphatic rings. The average molecular weight is 348 g/mol. The van der Waals surface area contributed by atoms with Crippen molar-refractivity contribution in [1.29, 1.82) is 0 Å². The van der Waals surface area contributed by atoms with E-state index in [1.165, 1.54) is 0 Å². The zero-order chi connectivity index (χ0) is 17.6. The first-order chi connectivity index (χ1) is 12.2. The van der Waals surface area contributed by atoms with E-state index < -0.39 is 0 Å². The number of benzene rings is 1. The van der Waals surface area contributed by atoms with Gasteiger partial charge in [0, 0.05) is 32.2 Å². The van der Waals surface area contributed by atoms with Gasteiger partial charge < -0.3 is 19.1 Å². The molecule has 1 amide bonds. The van der Waals surface area contributed by atoms with E-state index in [1.807, 2.05) is 29.2 Å². The summed E-state index contributed by atoms with van der Waals surface area (Å²) in [5, 5.41) is 0. The normalized spacial score (nSPS) is 24.5. The number of morpholine rings is 1. The minimum absolute atomic E-state index is 0.0797. The number of nitrogens with zero attached hydrogens (tertiary/aromatic N) is 2. The van der Waals surface area contributed by atoms with E-state index in [0.29, 0.717) is 18.6 Å². The van der Waals surface area contributed by atoms with Crippen LogP contribution in [0, 0.1) is 5.92 Å². The molecule has 3 rings (SSSR count). The number of carbonyl (C=O) groups excluding carboxylic acids is 1. The Morgan fingerprint density at radius 3 is 2.60 bits per heavy atom. The number of hydrogen-bond donors (Lipinski definition) is 0. The lowest BCUT2D eigenvalue weighted by Gasteiger charge is -2.33. The maximum Gasteiger partial charge on any atom is 0.248 e. The molecule has 0 unspecified atom stereocenters. The summed E-state index contributed by atoms with van der Waals surface area (Å²) in [4.78, 5) is 16.8. The fourth-order valence-corrected chi connectivity index (χ4v) is 3.61. The second-order valence-electron chi connectivity index (χ2n) is 6.83. The van der Waals surface area contributed by atoms with Crippen molar-refractivity contribution in [1.82, 2.24) is 9.80 Å². The Morgan fingerprint density at radius 1 is 1.20 bits per heavy atom. The molecule has 1 aromatic rings. The molecular formula is C19H28N2O4. The van der Waals surface area contributed by atoms with Crippen molar-refractivity contribution in [2.24, 2.45) is 5.92 Å². The van der Waals surface area contributed by atoms with Crippen LogP contribution >= 0.6 is 0 Å². The van der Waals surface area contributed by atoms with E-state index in [9.17, 15) is 4.79 Å². The van der Waals surface area contributed by atoms with Gasteiger partial charge in [0.1, 0.15) is 12.4 Å². The first-order valence-corrected chi connectivity index (χ1v) is 8.97. The molecule has 6 heteroatoms. The van der Waals surface area contributed by atoms with Gasteiger partial charge in [-0.2, -0.15) is 0 Å². The van der Waals surface area contributed by atoms with Gasteiger partial charge in [-0.05, 0) is 23.6 Å². The first-order valence-electron chi connectivity index (χ1n) is 8.97. The van der Waals surface area contributed by atoms with E-state index in [-0.39, 0.29) is 12.5 Å². The van der Waals surface area contributed by atoms with Crippen LogP contribution in [0.5, 0.6) is 5.75 Å². The van der Waals surface area contributed by atoms with Gasteiger partial charge in [0.2, 0.25) is 5.91 Å². The molecular weight excluding hydrogens is 320 g/mol. The van der Waals surface area contributed by atoms with Gasteiger partial charge in [0.25, 0.3) is 0 Å². The summed E-state index contributed by atoms with van der Waals surface area (Å²) in [6.45, 7) is 7.92. The van der Waals surface area contributed by atoms with Crippen LogP contribution in [-0.2, 0) is 20.9 Å². The summed E-state index contributed by atoms with van der Waals surface area (Å²) in [6, 6.07) is 8.14. The van der Waals surface area contributed by atoms with Crippen molar-refractivity contribution in [3.05, 3.63) is 29.8 Å². The minimum atomic E-state index is 0.0797. The van der Waals surface area contributed by atoms with Gasteiger partial charge in [0.05, 0.1) is 26.9 Å². The van der Waals surface area contributed by atoms with E-state index in [2.05, 4.69) is 11.8 Å². The van der Waals surface area contributed by atoms with Crippen LogP contribution in [0.1, 0.15) is 12.5 Å². The Labute approximate surface area is 149 Å². The van der Waals surface area contributed by atoms with Gasteiger partial charge in [-0.25, -0.2) is 0 Å². The number of likely N-dealkylation sites (tertiary alicyclic amines) is 1. The number of ether oxygens (including phenoxy) is 3.